The molecule has 3 heteroatoms. The van der Waals surface area contributed by atoms with Crippen LogP contribution in [-0.2, 0) is 0 Å². The van der Waals surface area contributed by atoms with Crippen LogP contribution in [-0.4, -0.2) is 0 Å². The Morgan fingerprint density at radius 1 is 1.50 bits per heavy atom. The Labute approximate surface area is 55.9 Å². The first-order chi connectivity index (χ1) is 3.79. The fourth-order valence-electron chi connectivity index (χ4n) is 0.457. The summed E-state index contributed by atoms with van der Waals surface area (Å²) in [5.41, 5.74) is 5.37. The summed E-state index contributed by atoms with van der Waals surface area (Å²) in [7, 11) is 0. The van der Waals surface area contributed by atoms with Crippen LogP contribution in [0.2, 0.25) is 0 Å². The second-order valence-corrected chi connectivity index (χ2v) is 2.31. The predicted molar refractivity (Wildman–Crippen MR) is 35.1 cm³/mol. The highest BCUT2D eigenvalue weighted by atomic mass is 79.9. The molecule has 0 saturated heterocycles. The Balaban J connectivity index is 3.08. The number of nitrogens with two attached hydrogens (primary N) is 1. The van der Waals surface area contributed by atoms with Gasteiger partial charge in [-0.2, -0.15) is 0 Å². The van der Waals surface area contributed by atoms with Gasteiger partial charge in [0.15, 0.2) is 4.60 Å². The van der Waals surface area contributed by atoms with E-state index >= 15 is 0 Å². The maximum Gasteiger partial charge on any atom is 0.270 e. The molecule has 0 atom stereocenters. The van der Waals surface area contributed by atoms with Gasteiger partial charge in [0.25, 0.3) is 5.82 Å². The summed E-state index contributed by atoms with van der Waals surface area (Å²) in [5.74, 6) is 0.666. The van der Waals surface area contributed by atoms with E-state index in [1.54, 1.807) is 6.07 Å². The van der Waals surface area contributed by atoms with E-state index in [0.717, 1.165) is 4.60 Å². The molecule has 0 radical (unpaired) electrons. The van der Waals surface area contributed by atoms with E-state index in [1.807, 2.05) is 12.1 Å². The molecule has 0 amide bonds. The summed E-state index contributed by atoms with van der Waals surface area (Å²) in [6.07, 6.45) is 0. The highest BCUT2D eigenvalue weighted by Gasteiger charge is 1.90. The van der Waals surface area contributed by atoms with Gasteiger partial charge in [0.2, 0.25) is 0 Å². The van der Waals surface area contributed by atoms with Crippen LogP contribution < -0.4 is 10.7 Å². The Bertz CT molecular complexity index is 170. The van der Waals surface area contributed by atoms with Crippen LogP contribution >= 0.6 is 15.9 Å². The summed E-state index contributed by atoms with van der Waals surface area (Å²) in [6.45, 7) is 0. The molecule has 0 saturated carbocycles. The zero-order valence-corrected chi connectivity index (χ0v) is 5.77. The lowest BCUT2D eigenvalue weighted by atomic mass is 10.5. The van der Waals surface area contributed by atoms with Gasteiger partial charge in [0.05, 0.1) is 0 Å². The fraction of sp³-hybridized carbons (Fsp3) is 0. The molecule has 1 rings (SSSR count). The molecule has 2 nitrogen and oxygen atoms in total. The first-order valence-electron chi connectivity index (χ1n) is 2.22. The smallest absolute Gasteiger partial charge is 0.270 e. The van der Waals surface area contributed by atoms with Gasteiger partial charge in [-0.15, -0.1) is 0 Å². The maximum absolute atomic E-state index is 5.37. The third-order valence-electron chi connectivity index (χ3n) is 0.782. The van der Waals surface area contributed by atoms with Crippen molar-refractivity contribution in [1.82, 2.24) is 0 Å². The summed E-state index contributed by atoms with van der Waals surface area (Å²) >= 11 is 3.23. The number of anilines is 1. The summed E-state index contributed by atoms with van der Waals surface area (Å²) in [6, 6.07) is 5.55. The Morgan fingerprint density at radius 3 is 2.62 bits per heavy atom. The van der Waals surface area contributed by atoms with Crippen LogP contribution in [0, 0.1) is 0 Å². The second-order valence-electron chi connectivity index (χ2n) is 1.45. The minimum atomic E-state index is 0.666. The first-order valence-corrected chi connectivity index (χ1v) is 3.01. The van der Waals surface area contributed by atoms with E-state index in [-0.39, 0.29) is 0 Å². The van der Waals surface area contributed by atoms with Gasteiger partial charge in [-0.1, -0.05) is 0 Å². The molecular formula is C5H6BrN2+. The molecule has 0 aliphatic carbocycles. The van der Waals surface area contributed by atoms with Crippen LogP contribution in [0.1, 0.15) is 0 Å². The molecule has 0 aliphatic heterocycles. The normalized spacial score (nSPS) is 9.12. The molecule has 1 heterocycles. The molecule has 0 fully saturated rings. The zero-order valence-electron chi connectivity index (χ0n) is 4.19. The Kier molecular flexibility index (Phi) is 1.48. The number of nitrogens with one attached hydrogen (secondary N) is 1. The summed E-state index contributed by atoms with van der Waals surface area (Å²) in [5, 5.41) is 0. The lowest BCUT2D eigenvalue weighted by molar-refractivity contribution is -0.374. The van der Waals surface area contributed by atoms with E-state index in [0.29, 0.717) is 5.82 Å². The molecule has 0 unspecified atom stereocenters. The highest BCUT2D eigenvalue weighted by Crippen LogP contribution is 2.00. The molecular weight excluding hydrogens is 168 g/mol. The number of hydrogen-bond acceptors (Lipinski definition) is 1. The van der Waals surface area contributed by atoms with Gasteiger partial charge >= 0.3 is 0 Å². The molecule has 3 N–H and O–H groups in total. The number of aromatic nitrogens is 1. The van der Waals surface area contributed by atoms with Gasteiger partial charge in [0.1, 0.15) is 0 Å². The van der Waals surface area contributed by atoms with Gasteiger partial charge in [-0.3, -0.25) is 5.73 Å². The average molecular weight is 174 g/mol. The topological polar surface area (TPSA) is 40.2 Å². The predicted octanol–water partition coefficient (Wildman–Crippen LogP) is 0.845. The van der Waals surface area contributed by atoms with Crippen LogP contribution in [0.3, 0.4) is 0 Å². The lowest BCUT2D eigenvalue weighted by Crippen LogP contribution is -2.09. The van der Waals surface area contributed by atoms with Crippen molar-refractivity contribution < 1.29 is 4.98 Å². The molecule has 0 spiro atoms. The first kappa shape index (κ1) is 5.56. The summed E-state index contributed by atoms with van der Waals surface area (Å²) < 4.78 is 0.900. The molecule has 42 valence electrons. The van der Waals surface area contributed by atoms with Crippen molar-refractivity contribution in [3.05, 3.63) is 22.8 Å². The van der Waals surface area contributed by atoms with Crippen molar-refractivity contribution in [1.29, 1.82) is 0 Å². The third kappa shape index (κ3) is 1.20. The van der Waals surface area contributed by atoms with Gasteiger partial charge < -0.3 is 0 Å². The van der Waals surface area contributed by atoms with Gasteiger partial charge in [0, 0.05) is 6.07 Å². The average Bonchev–Trinajstić information content (AvgIpc) is 1.64. The zero-order chi connectivity index (χ0) is 5.98. The number of nitrogen functional groups attached to an aromatic ring is 1. The van der Waals surface area contributed by atoms with Crippen molar-refractivity contribution >= 4 is 21.7 Å². The summed E-state index contributed by atoms with van der Waals surface area (Å²) in [4.78, 5) is 2.86. The number of hydrogen-bond donors (Lipinski definition) is 1. The van der Waals surface area contributed by atoms with E-state index in [2.05, 4.69) is 20.9 Å². The molecule has 0 aromatic carbocycles. The number of pyridine rings is 1. The molecule has 0 bridgehead atoms. The minimum Gasteiger partial charge on any atom is -0.287 e. The SMILES string of the molecule is Nc1cccc(Br)[nH+]1. The lowest BCUT2D eigenvalue weighted by Gasteiger charge is -1.83. The standard InChI is InChI=1S/C5H5BrN2/c6-4-2-1-3-5(7)8-4/h1-3H,(H2,7,8)/p+1. The van der Waals surface area contributed by atoms with Crippen LogP contribution in [0.4, 0.5) is 5.82 Å². The van der Waals surface area contributed by atoms with Crippen molar-refractivity contribution in [2.24, 2.45) is 0 Å². The number of halogens is 1. The van der Waals surface area contributed by atoms with E-state index in [9.17, 15) is 0 Å². The van der Waals surface area contributed by atoms with E-state index < -0.39 is 0 Å². The highest BCUT2D eigenvalue weighted by molar-refractivity contribution is 9.10. The number of H-pyrrole nitrogens is 1. The van der Waals surface area contributed by atoms with Crippen LogP contribution in [0.15, 0.2) is 22.8 Å². The van der Waals surface area contributed by atoms with Crippen molar-refractivity contribution in [3.8, 4) is 0 Å². The quantitative estimate of drug-likeness (QED) is 0.581. The number of aromatic amines is 1. The van der Waals surface area contributed by atoms with Crippen LogP contribution in [0.5, 0.6) is 0 Å². The van der Waals surface area contributed by atoms with Crippen molar-refractivity contribution in [2.45, 2.75) is 0 Å². The third-order valence-corrected chi connectivity index (χ3v) is 1.24. The van der Waals surface area contributed by atoms with Gasteiger partial charge in [-0.05, 0) is 28.1 Å². The molecule has 1 aromatic rings. The fourth-order valence-corrected chi connectivity index (χ4v) is 0.839. The maximum atomic E-state index is 5.37. The minimum absolute atomic E-state index is 0.666. The van der Waals surface area contributed by atoms with Crippen molar-refractivity contribution in [2.75, 3.05) is 5.73 Å². The Hall–Kier alpha value is -0.570. The molecule has 8 heavy (non-hydrogen) atoms. The molecule has 1 aromatic heterocycles. The monoisotopic (exact) mass is 173 g/mol. The van der Waals surface area contributed by atoms with Crippen molar-refractivity contribution in [3.63, 3.8) is 0 Å². The van der Waals surface area contributed by atoms with E-state index in [1.165, 1.54) is 0 Å². The largest absolute Gasteiger partial charge is 0.287 e. The molecule has 0 aliphatic rings. The van der Waals surface area contributed by atoms with Crippen LogP contribution in [0.25, 0.3) is 0 Å². The number of rotatable bonds is 0. The Morgan fingerprint density at radius 2 is 2.25 bits per heavy atom. The van der Waals surface area contributed by atoms with E-state index in [4.69, 9.17) is 5.73 Å². The second kappa shape index (κ2) is 2.13. The van der Waals surface area contributed by atoms with Gasteiger partial charge in [-0.25, -0.2) is 4.98 Å².